The highest BCUT2D eigenvalue weighted by atomic mass is 35.5. The van der Waals surface area contributed by atoms with Crippen LogP contribution in [0.4, 0.5) is 0 Å². The molecule has 3 nitrogen and oxygen atoms in total. The predicted molar refractivity (Wildman–Crippen MR) is 69.9 cm³/mol. The molecule has 18 heavy (non-hydrogen) atoms. The van der Waals surface area contributed by atoms with Crippen LogP contribution in [0.2, 0.25) is 5.02 Å². The molecule has 0 saturated carbocycles. The van der Waals surface area contributed by atoms with Gasteiger partial charge >= 0.3 is 0 Å². The van der Waals surface area contributed by atoms with E-state index in [1.54, 1.807) is 24.3 Å². The molecule has 0 aliphatic carbocycles. The Balaban J connectivity index is 2.20. The molecule has 0 atom stereocenters. The molecule has 0 N–H and O–H groups in total. The van der Waals surface area contributed by atoms with Crippen molar-refractivity contribution in [2.24, 2.45) is 0 Å². The van der Waals surface area contributed by atoms with Crippen molar-refractivity contribution < 1.29 is 4.74 Å². The first-order valence-electron chi connectivity index (χ1n) is 5.55. The molecule has 0 saturated heterocycles. The number of aryl methyl sites for hydroxylation is 1. The van der Waals surface area contributed by atoms with E-state index in [1.165, 1.54) is 6.20 Å². The average molecular weight is 259 g/mol. The number of pyridine rings is 1. The van der Waals surface area contributed by atoms with Crippen molar-refractivity contribution in [2.45, 2.75) is 13.3 Å². The molecule has 0 amide bonds. The fraction of sp³-hybridized carbons (Fsp3) is 0.143. The van der Waals surface area contributed by atoms with E-state index in [-0.39, 0.29) is 0 Å². The molecule has 90 valence electrons. The summed E-state index contributed by atoms with van der Waals surface area (Å²) in [6.45, 7) is 2.03. The molecule has 0 spiro atoms. The van der Waals surface area contributed by atoms with Crippen molar-refractivity contribution in [3.05, 3.63) is 52.7 Å². The van der Waals surface area contributed by atoms with Crippen molar-refractivity contribution in [1.82, 2.24) is 4.98 Å². The van der Waals surface area contributed by atoms with Crippen molar-refractivity contribution in [2.75, 3.05) is 0 Å². The number of hydrogen-bond acceptors (Lipinski definition) is 3. The summed E-state index contributed by atoms with van der Waals surface area (Å²) in [7, 11) is 0. The van der Waals surface area contributed by atoms with Crippen LogP contribution >= 0.6 is 11.6 Å². The number of halogens is 1. The molecule has 0 aliphatic heterocycles. The van der Waals surface area contributed by atoms with Gasteiger partial charge in [0.05, 0.1) is 5.56 Å². The van der Waals surface area contributed by atoms with Crippen LogP contribution in [0.15, 0.2) is 36.5 Å². The van der Waals surface area contributed by atoms with Crippen LogP contribution < -0.4 is 4.74 Å². The molecule has 0 radical (unpaired) electrons. The first-order chi connectivity index (χ1) is 8.72. The fourth-order valence-corrected chi connectivity index (χ4v) is 1.76. The highest BCUT2D eigenvalue weighted by Gasteiger charge is 2.03. The lowest BCUT2D eigenvalue weighted by Crippen LogP contribution is -1.90. The Labute approximate surface area is 111 Å². The van der Waals surface area contributed by atoms with E-state index in [1.807, 2.05) is 19.1 Å². The SMILES string of the molecule is CCc1cc(Oc2ccc(C#N)cn2)ccc1Cl. The van der Waals surface area contributed by atoms with Crippen LogP contribution in [0, 0.1) is 11.3 Å². The Hall–Kier alpha value is -2.05. The zero-order valence-electron chi connectivity index (χ0n) is 9.85. The largest absolute Gasteiger partial charge is 0.439 e. The monoisotopic (exact) mass is 258 g/mol. The highest BCUT2D eigenvalue weighted by molar-refractivity contribution is 6.31. The molecular formula is C14H11ClN2O. The van der Waals surface area contributed by atoms with Gasteiger partial charge in [0.15, 0.2) is 0 Å². The quantitative estimate of drug-likeness (QED) is 0.837. The number of nitriles is 1. The fourth-order valence-electron chi connectivity index (χ4n) is 1.51. The van der Waals surface area contributed by atoms with Gasteiger partial charge in [0.1, 0.15) is 11.8 Å². The summed E-state index contributed by atoms with van der Waals surface area (Å²) < 4.78 is 5.60. The van der Waals surface area contributed by atoms with E-state index < -0.39 is 0 Å². The number of aromatic nitrogens is 1. The number of benzene rings is 1. The van der Waals surface area contributed by atoms with Crippen LogP contribution in [0.25, 0.3) is 0 Å². The van der Waals surface area contributed by atoms with Crippen LogP contribution in [0.1, 0.15) is 18.1 Å². The predicted octanol–water partition coefficient (Wildman–Crippen LogP) is 3.96. The van der Waals surface area contributed by atoms with Gasteiger partial charge in [-0.15, -0.1) is 0 Å². The second-order valence-corrected chi connectivity index (χ2v) is 4.11. The maximum absolute atomic E-state index is 8.67. The minimum Gasteiger partial charge on any atom is -0.439 e. The maximum Gasteiger partial charge on any atom is 0.219 e. The van der Waals surface area contributed by atoms with Gasteiger partial charge in [-0.05, 0) is 36.2 Å². The minimum atomic E-state index is 0.457. The Morgan fingerprint density at radius 3 is 2.78 bits per heavy atom. The van der Waals surface area contributed by atoms with E-state index in [0.717, 1.165) is 17.0 Å². The zero-order chi connectivity index (χ0) is 13.0. The van der Waals surface area contributed by atoms with E-state index >= 15 is 0 Å². The Kier molecular flexibility index (Phi) is 3.81. The van der Waals surface area contributed by atoms with E-state index in [9.17, 15) is 0 Å². The summed E-state index contributed by atoms with van der Waals surface area (Å²) in [6.07, 6.45) is 2.32. The van der Waals surface area contributed by atoms with Crippen LogP contribution in [-0.2, 0) is 6.42 Å². The second-order valence-electron chi connectivity index (χ2n) is 3.71. The third-order valence-corrected chi connectivity index (χ3v) is 2.85. The number of hydrogen-bond donors (Lipinski definition) is 0. The number of ether oxygens (including phenoxy) is 1. The van der Waals surface area contributed by atoms with Crippen LogP contribution in [0.3, 0.4) is 0 Å². The van der Waals surface area contributed by atoms with E-state index in [0.29, 0.717) is 17.2 Å². The minimum absolute atomic E-state index is 0.457. The lowest BCUT2D eigenvalue weighted by atomic mass is 10.1. The summed E-state index contributed by atoms with van der Waals surface area (Å²) in [6, 6.07) is 10.8. The molecule has 2 aromatic rings. The smallest absolute Gasteiger partial charge is 0.219 e. The van der Waals surface area contributed by atoms with Gasteiger partial charge in [-0.3, -0.25) is 0 Å². The summed E-state index contributed by atoms with van der Waals surface area (Å²) >= 11 is 6.03. The highest BCUT2D eigenvalue weighted by Crippen LogP contribution is 2.25. The standard InChI is InChI=1S/C14H11ClN2O/c1-2-11-7-12(4-5-13(11)15)18-14-6-3-10(8-16)9-17-14/h3-7,9H,2H2,1H3. The van der Waals surface area contributed by atoms with Gasteiger partial charge in [0.2, 0.25) is 5.88 Å². The normalized spacial score (nSPS) is 9.83. The third-order valence-electron chi connectivity index (χ3n) is 2.49. The van der Waals surface area contributed by atoms with Gasteiger partial charge in [0, 0.05) is 17.3 Å². The molecule has 2 rings (SSSR count). The Morgan fingerprint density at radius 1 is 1.33 bits per heavy atom. The van der Waals surface area contributed by atoms with Crippen molar-refractivity contribution in [3.63, 3.8) is 0 Å². The molecule has 4 heteroatoms. The van der Waals surface area contributed by atoms with Gasteiger partial charge in [-0.25, -0.2) is 4.98 Å². The molecule has 1 heterocycles. The van der Waals surface area contributed by atoms with Gasteiger partial charge in [0.25, 0.3) is 0 Å². The van der Waals surface area contributed by atoms with Crippen molar-refractivity contribution in [1.29, 1.82) is 5.26 Å². The average Bonchev–Trinajstić information content (AvgIpc) is 2.42. The number of rotatable bonds is 3. The maximum atomic E-state index is 8.67. The molecule has 0 aliphatic rings. The molecule has 0 fully saturated rings. The second kappa shape index (κ2) is 5.52. The summed E-state index contributed by atoms with van der Waals surface area (Å²) in [5, 5.41) is 9.41. The molecule has 0 bridgehead atoms. The van der Waals surface area contributed by atoms with E-state index in [4.69, 9.17) is 21.6 Å². The van der Waals surface area contributed by atoms with Crippen molar-refractivity contribution in [3.8, 4) is 17.7 Å². The number of nitrogens with zero attached hydrogens (tertiary/aromatic N) is 2. The summed E-state index contributed by atoms with van der Waals surface area (Å²) in [5.74, 6) is 1.15. The van der Waals surface area contributed by atoms with Crippen molar-refractivity contribution >= 4 is 11.6 Å². The summed E-state index contributed by atoms with van der Waals surface area (Å²) in [5.41, 5.74) is 1.54. The molecule has 1 aromatic carbocycles. The van der Waals surface area contributed by atoms with Gasteiger partial charge in [-0.1, -0.05) is 18.5 Å². The molecular weight excluding hydrogens is 248 g/mol. The first kappa shape index (κ1) is 12.4. The Morgan fingerprint density at radius 2 is 2.17 bits per heavy atom. The third kappa shape index (κ3) is 2.79. The van der Waals surface area contributed by atoms with Gasteiger partial charge in [-0.2, -0.15) is 5.26 Å². The topological polar surface area (TPSA) is 45.9 Å². The van der Waals surface area contributed by atoms with Gasteiger partial charge < -0.3 is 4.74 Å². The lowest BCUT2D eigenvalue weighted by Gasteiger charge is -2.07. The molecule has 1 aromatic heterocycles. The van der Waals surface area contributed by atoms with Crippen LogP contribution in [0.5, 0.6) is 11.6 Å². The first-order valence-corrected chi connectivity index (χ1v) is 5.93. The van der Waals surface area contributed by atoms with Crippen LogP contribution in [-0.4, -0.2) is 4.98 Å². The van der Waals surface area contributed by atoms with E-state index in [2.05, 4.69) is 4.98 Å². The zero-order valence-corrected chi connectivity index (χ0v) is 10.6. The summed E-state index contributed by atoms with van der Waals surface area (Å²) in [4.78, 5) is 4.05. The molecule has 0 unspecified atom stereocenters. The lowest BCUT2D eigenvalue weighted by molar-refractivity contribution is 0.462. The Bertz CT molecular complexity index is 588.